The summed E-state index contributed by atoms with van der Waals surface area (Å²) in [6.45, 7) is 2.25. The Balaban J connectivity index is 2.16. The Morgan fingerprint density at radius 1 is 1.10 bits per heavy atom. The number of hydrogen-bond donors (Lipinski definition) is 1. The molecule has 4 heteroatoms. The van der Waals surface area contributed by atoms with Crippen molar-refractivity contribution >= 4 is 0 Å². The normalized spacial score (nSPS) is 12.0. The second kappa shape index (κ2) is 7.09. The van der Waals surface area contributed by atoms with Crippen LogP contribution in [0, 0.1) is 5.82 Å². The van der Waals surface area contributed by atoms with Crippen LogP contribution in [-0.2, 0) is 13.0 Å². The maximum atomic E-state index is 13.4. The minimum atomic E-state index is -0.282. The minimum Gasteiger partial charge on any atom is -0.496 e. The second-order valence-corrected chi connectivity index (χ2v) is 5.03. The molecule has 2 N–H and O–H groups in total. The highest BCUT2D eigenvalue weighted by molar-refractivity contribution is 5.36. The van der Waals surface area contributed by atoms with E-state index in [0.29, 0.717) is 18.8 Å². The molecule has 0 heterocycles. The molecule has 0 radical (unpaired) electrons. The van der Waals surface area contributed by atoms with Crippen molar-refractivity contribution in [3.05, 3.63) is 59.4 Å². The topological polar surface area (TPSA) is 44.5 Å². The zero-order chi connectivity index (χ0) is 15.2. The van der Waals surface area contributed by atoms with Gasteiger partial charge in [0.25, 0.3) is 0 Å². The van der Waals surface area contributed by atoms with Crippen molar-refractivity contribution in [2.24, 2.45) is 5.73 Å². The van der Waals surface area contributed by atoms with E-state index in [0.717, 1.165) is 16.9 Å². The summed E-state index contributed by atoms with van der Waals surface area (Å²) in [7, 11) is 1.62. The third kappa shape index (κ3) is 4.20. The molecule has 0 aliphatic carbocycles. The highest BCUT2D eigenvalue weighted by Gasteiger charge is 2.09. The summed E-state index contributed by atoms with van der Waals surface area (Å²) in [4.78, 5) is 0. The first-order valence-corrected chi connectivity index (χ1v) is 6.89. The van der Waals surface area contributed by atoms with Crippen LogP contribution in [-0.4, -0.2) is 13.2 Å². The fraction of sp³-hybridized carbons (Fsp3) is 0.294. The van der Waals surface area contributed by atoms with Gasteiger partial charge in [0.1, 0.15) is 23.9 Å². The van der Waals surface area contributed by atoms with Crippen LogP contribution in [0.4, 0.5) is 4.39 Å². The third-order valence-electron chi connectivity index (χ3n) is 3.14. The molecule has 2 rings (SSSR count). The fourth-order valence-electron chi connectivity index (χ4n) is 2.17. The van der Waals surface area contributed by atoms with Gasteiger partial charge in [-0.3, -0.25) is 0 Å². The van der Waals surface area contributed by atoms with Crippen molar-refractivity contribution in [2.75, 3.05) is 7.11 Å². The highest BCUT2D eigenvalue weighted by Crippen LogP contribution is 2.24. The predicted molar refractivity (Wildman–Crippen MR) is 81.1 cm³/mol. The molecule has 0 fully saturated rings. The molecule has 0 aromatic heterocycles. The zero-order valence-electron chi connectivity index (χ0n) is 12.3. The molecule has 0 aliphatic heterocycles. The van der Waals surface area contributed by atoms with E-state index in [-0.39, 0.29) is 11.9 Å². The summed E-state index contributed by atoms with van der Waals surface area (Å²) >= 11 is 0. The van der Waals surface area contributed by atoms with Gasteiger partial charge in [0.2, 0.25) is 0 Å². The summed E-state index contributed by atoms with van der Waals surface area (Å²) in [5.74, 6) is 1.14. The number of ether oxygens (including phenoxy) is 2. The van der Waals surface area contributed by atoms with E-state index < -0.39 is 0 Å². The summed E-state index contributed by atoms with van der Waals surface area (Å²) < 4.78 is 24.5. The standard InChI is InChI=1S/C17H20FNO2/c1-12(19)9-14-10-15(18)7-8-17(14)21-11-13-5-3-4-6-16(13)20-2/h3-8,10,12H,9,11,19H2,1-2H3. The van der Waals surface area contributed by atoms with E-state index in [2.05, 4.69) is 0 Å². The first-order chi connectivity index (χ1) is 10.1. The molecule has 112 valence electrons. The van der Waals surface area contributed by atoms with E-state index in [9.17, 15) is 4.39 Å². The Bertz CT molecular complexity index is 599. The van der Waals surface area contributed by atoms with Crippen LogP contribution in [0.5, 0.6) is 11.5 Å². The van der Waals surface area contributed by atoms with E-state index >= 15 is 0 Å². The van der Waals surface area contributed by atoms with Crippen molar-refractivity contribution in [3.8, 4) is 11.5 Å². The molecular weight excluding hydrogens is 269 g/mol. The first-order valence-electron chi connectivity index (χ1n) is 6.89. The fourth-order valence-corrected chi connectivity index (χ4v) is 2.17. The van der Waals surface area contributed by atoms with Gasteiger partial charge in [0.15, 0.2) is 0 Å². The van der Waals surface area contributed by atoms with Crippen molar-refractivity contribution in [2.45, 2.75) is 26.0 Å². The lowest BCUT2D eigenvalue weighted by atomic mass is 10.1. The quantitative estimate of drug-likeness (QED) is 0.887. The molecule has 1 atom stereocenters. The summed E-state index contributed by atoms with van der Waals surface area (Å²) in [5.41, 5.74) is 7.52. The largest absolute Gasteiger partial charge is 0.496 e. The molecule has 2 aromatic carbocycles. The van der Waals surface area contributed by atoms with Gasteiger partial charge in [-0.25, -0.2) is 4.39 Å². The van der Waals surface area contributed by atoms with Gasteiger partial charge in [-0.1, -0.05) is 18.2 Å². The Hall–Kier alpha value is -2.07. The molecule has 0 spiro atoms. The van der Waals surface area contributed by atoms with Crippen LogP contribution < -0.4 is 15.2 Å². The van der Waals surface area contributed by atoms with Crippen molar-refractivity contribution in [3.63, 3.8) is 0 Å². The van der Waals surface area contributed by atoms with E-state index in [1.807, 2.05) is 31.2 Å². The number of halogens is 1. The molecule has 21 heavy (non-hydrogen) atoms. The van der Waals surface area contributed by atoms with Gasteiger partial charge in [0, 0.05) is 11.6 Å². The van der Waals surface area contributed by atoms with Crippen molar-refractivity contribution in [1.29, 1.82) is 0 Å². The number of nitrogens with two attached hydrogens (primary N) is 1. The summed E-state index contributed by atoms with van der Waals surface area (Å²) in [5, 5.41) is 0. The van der Waals surface area contributed by atoms with E-state index in [1.165, 1.54) is 12.1 Å². The van der Waals surface area contributed by atoms with Gasteiger partial charge in [-0.15, -0.1) is 0 Å². The highest BCUT2D eigenvalue weighted by atomic mass is 19.1. The van der Waals surface area contributed by atoms with Crippen LogP contribution in [0.25, 0.3) is 0 Å². The smallest absolute Gasteiger partial charge is 0.125 e. The van der Waals surface area contributed by atoms with E-state index in [1.54, 1.807) is 13.2 Å². The monoisotopic (exact) mass is 289 g/mol. The van der Waals surface area contributed by atoms with Gasteiger partial charge in [-0.2, -0.15) is 0 Å². The average molecular weight is 289 g/mol. The van der Waals surface area contributed by atoms with Gasteiger partial charge < -0.3 is 15.2 Å². The lowest BCUT2D eigenvalue weighted by Gasteiger charge is -2.14. The number of benzene rings is 2. The Labute approximate surface area is 124 Å². The molecule has 0 saturated heterocycles. The maximum absolute atomic E-state index is 13.4. The Morgan fingerprint density at radius 3 is 2.57 bits per heavy atom. The van der Waals surface area contributed by atoms with Crippen molar-refractivity contribution in [1.82, 2.24) is 0 Å². The van der Waals surface area contributed by atoms with Gasteiger partial charge in [-0.05, 0) is 43.2 Å². The van der Waals surface area contributed by atoms with Gasteiger partial charge >= 0.3 is 0 Å². The van der Waals surface area contributed by atoms with E-state index in [4.69, 9.17) is 15.2 Å². The molecule has 2 aromatic rings. The first kappa shape index (κ1) is 15.3. The molecule has 0 bridgehead atoms. The predicted octanol–water partition coefficient (Wildman–Crippen LogP) is 3.30. The number of hydrogen-bond acceptors (Lipinski definition) is 3. The lowest BCUT2D eigenvalue weighted by Crippen LogP contribution is -2.18. The molecule has 0 amide bonds. The van der Waals surface area contributed by atoms with Crippen LogP contribution in [0.15, 0.2) is 42.5 Å². The second-order valence-electron chi connectivity index (χ2n) is 5.03. The molecule has 0 saturated carbocycles. The van der Waals surface area contributed by atoms with Gasteiger partial charge in [0.05, 0.1) is 7.11 Å². The van der Waals surface area contributed by atoms with Crippen molar-refractivity contribution < 1.29 is 13.9 Å². The molecule has 3 nitrogen and oxygen atoms in total. The molecular formula is C17H20FNO2. The van der Waals surface area contributed by atoms with Crippen LogP contribution in [0.2, 0.25) is 0 Å². The Morgan fingerprint density at radius 2 is 1.86 bits per heavy atom. The maximum Gasteiger partial charge on any atom is 0.125 e. The number of para-hydroxylation sites is 1. The SMILES string of the molecule is COc1ccccc1COc1ccc(F)cc1CC(C)N. The Kier molecular flexibility index (Phi) is 5.17. The van der Waals surface area contributed by atoms with Crippen LogP contribution in [0.1, 0.15) is 18.1 Å². The third-order valence-corrected chi connectivity index (χ3v) is 3.14. The summed E-state index contributed by atoms with van der Waals surface area (Å²) in [6.07, 6.45) is 0.568. The minimum absolute atomic E-state index is 0.0552. The number of methoxy groups -OCH3 is 1. The van der Waals surface area contributed by atoms with Crippen LogP contribution in [0.3, 0.4) is 0 Å². The molecule has 1 unspecified atom stereocenters. The molecule has 0 aliphatic rings. The average Bonchev–Trinajstić information content (AvgIpc) is 2.46. The number of rotatable bonds is 6. The zero-order valence-corrected chi connectivity index (χ0v) is 12.3. The van der Waals surface area contributed by atoms with Crippen LogP contribution >= 0.6 is 0 Å². The lowest BCUT2D eigenvalue weighted by molar-refractivity contribution is 0.293. The summed E-state index contributed by atoms with van der Waals surface area (Å²) in [6, 6.07) is 12.1.